The van der Waals surface area contributed by atoms with Crippen molar-refractivity contribution in [1.29, 1.82) is 0 Å². The van der Waals surface area contributed by atoms with Gasteiger partial charge in [-0.25, -0.2) is 0 Å². The van der Waals surface area contributed by atoms with E-state index in [1.54, 1.807) is 18.2 Å². The second-order valence-electron chi connectivity index (χ2n) is 7.34. The number of benzene rings is 2. The molecule has 2 aliphatic carbocycles. The van der Waals surface area contributed by atoms with Gasteiger partial charge in [-0.3, -0.25) is 14.4 Å². The van der Waals surface area contributed by atoms with E-state index < -0.39 is 52.1 Å². The number of phenolic OH excluding ortho intramolecular Hbond substituents is 2. The average molecular weight is 398 g/mol. The molecule has 0 unspecified atom stereocenters. The van der Waals surface area contributed by atoms with Gasteiger partial charge < -0.3 is 25.2 Å². The van der Waals surface area contributed by atoms with Gasteiger partial charge in [-0.2, -0.15) is 0 Å². The number of hydrogen-bond donors (Lipinski definition) is 4. The molecule has 2 aromatic carbocycles. The summed E-state index contributed by atoms with van der Waals surface area (Å²) < 4.78 is 5.21. The Balaban J connectivity index is 2.06. The van der Waals surface area contributed by atoms with Gasteiger partial charge in [0.25, 0.3) is 0 Å². The van der Waals surface area contributed by atoms with Gasteiger partial charge in [0, 0.05) is 13.0 Å². The second kappa shape index (κ2) is 6.13. The predicted molar refractivity (Wildman–Crippen MR) is 99.9 cm³/mol. The second-order valence-corrected chi connectivity index (χ2v) is 7.34. The largest absolute Gasteiger partial charge is 0.508 e. The number of ketones is 3. The molecule has 0 amide bonds. The molecule has 8 heteroatoms. The van der Waals surface area contributed by atoms with Gasteiger partial charge in [-0.05, 0) is 30.4 Å². The number of ether oxygens (including phenoxy) is 1. The van der Waals surface area contributed by atoms with Crippen LogP contribution in [0, 0.1) is 5.92 Å². The van der Waals surface area contributed by atoms with Gasteiger partial charge in [-0.1, -0.05) is 18.2 Å². The molecule has 2 aromatic rings. The Bertz CT molecular complexity index is 1150. The third-order valence-electron chi connectivity index (χ3n) is 5.82. The molecule has 2 aliphatic rings. The average Bonchev–Trinajstić information content (AvgIpc) is 2.65. The molecule has 0 aromatic heterocycles. The number of aliphatic hydroxyl groups is 2. The minimum absolute atomic E-state index is 0.0205. The van der Waals surface area contributed by atoms with Crippen molar-refractivity contribution in [2.24, 2.45) is 5.92 Å². The fourth-order valence-electron chi connectivity index (χ4n) is 4.48. The third-order valence-corrected chi connectivity index (χ3v) is 5.82. The Morgan fingerprint density at radius 1 is 1.21 bits per heavy atom. The molecule has 0 spiro atoms. The normalized spacial score (nSPS) is 26.4. The van der Waals surface area contributed by atoms with Gasteiger partial charge in [0.1, 0.15) is 28.9 Å². The third kappa shape index (κ3) is 2.30. The molecular weight excluding hydrogens is 380 g/mol. The molecule has 3 atom stereocenters. The van der Waals surface area contributed by atoms with Crippen molar-refractivity contribution >= 4 is 28.1 Å². The zero-order chi connectivity index (χ0) is 21.2. The molecule has 0 fully saturated rings. The lowest BCUT2D eigenvalue weighted by Gasteiger charge is -2.45. The van der Waals surface area contributed by atoms with Crippen molar-refractivity contribution in [2.75, 3.05) is 7.11 Å². The SMILES string of the molecule is CO[C@@H]1C(=O)C(C(C)=O)=C(O)[C@@]2(O)C(=O)c3c(cc4cccc(O)c4c3O)C[C@@H]12. The van der Waals surface area contributed by atoms with Crippen molar-refractivity contribution in [1.82, 2.24) is 0 Å². The highest BCUT2D eigenvalue weighted by molar-refractivity contribution is 6.25. The van der Waals surface area contributed by atoms with Crippen LogP contribution in [0.4, 0.5) is 0 Å². The van der Waals surface area contributed by atoms with Gasteiger partial charge in [0.05, 0.1) is 10.9 Å². The number of carbonyl (C=O) groups is 3. The first-order valence-electron chi connectivity index (χ1n) is 8.89. The molecule has 0 radical (unpaired) electrons. The maximum Gasteiger partial charge on any atom is 0.206 e. The van der Waals surface area contributed by atoms with Gasteiger partial charge in [-0.15, -0.1) is 0 Å². The number of carbonyl (C=O) groups excluding carboxylic acids is 3. The van der Waals surface area contributed by atoms with Crippen LogP contribution >= 0.6 is 0 Å². The maximum absolute atomic E-state index is 13.3. The summed E-state index contributed by atoms with van der Waals surface area (Å²) in [6, 6.07) is 6.11. The van der Waals surface area contributed by atoms with Crippen LogP contribution in [-0.4, -0.2) is 56.6 Å². The number of rotatable bonds is 2. The highest BCUT2D eigenvalue weighted by Gasteiger charge is 2.61. The lowest BCUT2D eigenvalue weighted by molar-refractivity contribution is -0.141. The molecule has 0 saturated heterocycles. The molecule has 29 heavy (non-hydrogen) atoms. The number of Topliss-reactive ketones (excluding diaryl/α,β-unsaturated/α-hetero) is 3. The summed E-state index contributed by atoms with van der Waals surface area (Å²) >= 11 is 0. The van der Waals surface area contributed by atoms with Gasteiger partial charge >= 0.3 is 0 Å². The van der Waals surface area contributed by atoms with E-state index >= 15 is 0 Å². The van der Waals surface area contributed by atoms with Gasteiger partial charge in [0.15, 0.2) is 17.2 Å². The van der Waals surface area contributed by atoms with Crippen molar-refractivity contribution in [2.45, 2.75) is 25.0 Å². The first kappa shape index (κ1) is 19.1. The molecule has 0 aliphatic heterocycles. The first-order valence-corrected chi connectivity index (χ1v) is 8.89. The summed E-state index contributed by atoms with van der Waals surface area (Å²) in [5, 5.41) is 43.2. The highest BCUT2D eigenvalue weighted by Crippen LogP contribution is 2.49. The quantitative estimate of drug-likeness (QED) is 0.555. The van der Waals surface area contributed by atoms with Crippen LogP contribution in [0.1, 0.15) is 22.8 Å². The lowest BCUT2D eigenvalue weighted by atomic mass is 9.62. The number of fused-ring (bicyclic) bond motifs is 3. The van der Waals surface area contributed by atoms with Crippen LogP contribution in [0.2, 0.25) is 0 Å². The van der Waals surface area contributed by atoms with Gasteiger partial charge in [0.2, 0.25) is 5.78 Å². The van der Waals surface area contributed by atoms with Crippen LogP contribution in [0.25, 0.3) is 10.8 Å². The van der Waals surface area contributed by atoms with E-state index in [2.05, 4.69) is 0 Å². The van der Waals surface area contributed by atoms with Crippen molar-refractivity contribution in [3.63, 3.8) is 0 Å². The number of methoxy groups -OCH3 is 1. The summed E-state index contributed by atoms with van der Waals surface area (Å²) in [7, 11) is 1.21. The fraction of sp³-hybridized carbons (Fsp3) is 0.286. The standard InChI is InChI=1S/C21H18O8/c1-8(22)13-17(25)18(29-2)11-7-10-6-9-4-3-5-12(23)14(9)16(24)15(10)20(27)21(11,28)19(13)26/h3-6,11,18,23-24,26,28H,7H2,1-2H3/t11-,18-,21+/m0/s1. The number of hydrogen-bond acceptors (Lipinski definition) is 8. The maximum atomic E-state index is 13.3. The summed E-state index contributed by atoms with van der Waals surface area (Å²) in [5.41, 5.74) is -3.28. The number of phenols is 2. The van der Waals surface area contributed by atoms with Crippen LogP contribution in [0.3, 0.4) is 0 Å². The van der Waals surface area contributed by atoms with Crippen LogP contribution in [-0.2, 0) is 20.7 Å². The fourth-order valence-corrected chi connectivity index (χ4v) is 4.48. The monoisotopic (exact) mass is 398 g/mol. The molecule has 0 saturated carbocycles. The zero-order valence-electron chi connectivity index (χ0n) is 15.6. The predicted octanol–water partition coefficient (Wildman–Crippen LogP) is 1.34. The smallest absolute Gasteiger partial charge is 0.206 e. The summed E-state index contributed by atoms with van der Waals surface area (Å²) in [6.45, 7) is 1.03. The van der Waals surface area contributed by atoms with Crippen molar-refractivity contribution in [3.8, 4) is 11.5 Å². The summed E-state index contributed by atoms with van der Waals surface area (Å²) in [4.78, 5) is 37.9. The lowest BCUT2D eigenvalue weighted by Crippen LogP contribution is -2.61. The van der Waals surface area contributed by atoms with E-state index in [0.29, 0.717) is 10.9 Å². The van der Waals surface area contributed by atoms with E-state index in [0.717, 1.165) is 6.92 Å². The highest BCUT2D eigenvalue weighted by atomic mass is 16.5. The number of aromatic hydroxyl groups is 2. The Kier molecular flexibility index (Phi) is 4.04. The first-order chi connectivity index (χ1) is 13.6. The Labute approximate surface area is 164 Å². The van der Waals surface area contributed by atoms with E-state index in [9.17, 15) is 34.8 Å². The van der Waals surface area contributed by atoms with E-state index in [4.69, 9.17) is 4.74 Å². The van der Waals surface area contributed by atoms with Crippen LogP contribution in [0.15, 0.2) is 35.6 Å². The van der Waals surface area contributed by atoms with Crippen molar-refractivity contribution in [3.05, 3.63) is 46.7 Å². The van der Waals surface area contributed by atoms with Crippen LogP contribution < -0.4 is 0 Å². The Hall–Kier alpha value is -3.23. The molecule has 150 valence electrons. The molecule has 4 rings (SSSR count). The molecule has 0 heterocycles. The van der Waals surface area contributed by atoms with E-state index in [-0.39, 0.29) is 23.1 Å². The topological polar surface area (TPSA) is 141 Å². The molecule has 8 nitrogen and oxygen atoms in total. The van der Waals surface area contributed by atoms with E-state index in [1.165, 1.54) is 13.2 Å². The minimum atomic E-state index is -2.63. The summed E-state index contributed by atoms with van der Waals surface area (Å²) in [6.07, 6.45) is -1.43. The summed E-state index contributed by atoms with van der Waals surface area (Å²) in [5.74, 6) is -5.75. The van der Waals surface area contributed by atoms with Crippen molar-refractivity contribution < 1.29 is 39.5 Å². The Morgan fingerprint density at radius 3 is 2.52 bits per heavy atom. The molecule has 0 bridgehead atoms. The molecular formula is C21H18O8. The Morgan fingerprint density at radius 2 is 1.90 bits per heavy atom. The van der Waals surface area contributed by atoms with E-state index in [1.807, 2.05) is 0 Å². The zero-order valence-corrected chi connectivity index (χ0v) is 15.6. The molecule has 4 N–H and O–H groups in total. The van der Waals surface area contributed by atoms with Crippen LogP contribution in [0.5, 0.6) is 11.5 Å². The number of aliphatic hydroxyl groups excluding tert-OH is 1. The minimum Gasteiger partial charge on any atom is -0.508 e.